The van der Waals surface area contributed by atoms with Gasteiger partial charge in [-0.05, 0) is 25.7 Å². The second kappa shape index (κ2) is 8.15. The largest absolute Gasteiger partial charge is 0.478 e. The first-order chi connectivity index (χ1) is 11.1. The van der Waals surface area contributed by atoms with Crippen molar-refractivity contribution in [1.29, 1.82) is 0 Å². The van der Waals surface area contributed by atoms with Gasteiger partial charge in [0.05, 0.1) is 6.10 Å². The highest BCUT2D eigenvalue weighted by Crippen LogP contribution is 2.21. The monoisotopic (exact) mass is 323 g/mol. The van der Waals surface area contributed by atoms with E-state index in [4.69, 9.17) is 14.3 Å². The average Bonchev–Trinajstić information content (AvgIpc) is 2.85. The van der Waals surface area contributed by atoms with E-state index < -0.39 is 5.97 Å². The van der Waals surface area contributed by atoms with Gasteiger partial charge in [-0.3, -0.25) is 4.79 Å². The zero-order valence-electron chi connectivity index (χ0n) is 13.8. The molecule has 1 aromatic rings. The summed E-state index contributed by atoms with van der Waals surface area (Å²) in [7, 11) is 0. The van der Waals surface area contributed by atoms with Crippen LogP contribution in [0.3, 0.4) is 0 Å². The third kappa shape index (κ3) is 4.34. The van der Waals surface area contributed by atoms with Gasteiger partial charge in [0.2, 0.25) is 0 Å². The number of amides is 1. The van der Waals surface area contributed by atoms with E-state index >= 15 is 0 Å². The SMILES string of the molecule is CCCOC1CCCN(C(=O)c2cc(C(=O)O)c(CC)o2)CC1. The molecule has 1 unspecified atom stereocenters. The van der Waals surface area contributed by atoms with Crippen molar-refractivity contribution < 1.29 is 23.8 Å². The first kappa shape index (κ1) is 17.5. The smallest absolute Gasteiger partial charge is 0.339 e. The molecule has 1 amide bonds. The Bertz CT molecular complexity index is 551. The van der Waals surface area contributed by atoms with E-state index in [0.29, 0.717) is 25.3 Å². The van der Waals surface area contributed by atoms with E-state index in [-0.39, 0.29) is 23.3 Å². The summed E-state index contributed by atoms with van der Waals surface area (Å²) < 4.78 is 11.2. The summed E-state index contributed by atoms with van der Waals surface area (Å²) in [5.41, 5.74) is 0.0785. The molecule has 0 radical (unpaired) electrons. The van der Waals surface area contributed by atoms with Crippen LogP contribution in [0.2, 0.25) is 0 Å². The first-order valence-electron chi connectivity index (χ1n) is 8.33. The Morgan fingerprint density at radius 1 is 1.35 bits per heavy atom. The summed E-state index contributed by atoms with van der Waals surface area (Å²) in [6, 6.07) is 1.35. The van der Waals surface area contributed by atoms with Crippen LogP contribution in [-0.4, -0.2) is 47.7 Å². The van der Waals surface area contributed by atoms with Crippen molar-refractivity contribution in [3.8, 4) is 0 Å². The molecule has 6 heteroatoms. The Labute approximate surface area is 136 Å². The average molecular weight is 323 g/mol. The molecule has 2 heterocycles. The molecule has 1 saturated heterocycles. The van der Waals surface area contributed by atoms with Gasteiger partial charge in [0, 0.05) is 32.2 Å². The predicted octanol–water partition coefficient (Wildman–Crippen LogP) is 2.96. The first-order valence-corrected chi connectivity index (χ1v) is 8.33. The quantitative estimate of drug-likeness (QED) is 0.870. The lowest BCUT2D eigenvalue weighted by Crippen LogP contribution is -2.32. The number of carboxylic acid groups (broad SMARTS) is 1. The fourth-order valence-corrected chi connectivity index (χ4v) is 2.85. The van der Waals surface area contributed by atoms with Crippen LogP contribution in [0.4, 0.5) is 0 Å². The number of aryl methyl sites for hydroxylation is 1. The Hall–Kier alpha value is -1.82. The predicted molar refractivity (Wildman–Crippen MR) is 84.8 cm³/mol. The topological polar surface area (TPSA) is 80.0 Å². The Morgan fingerprint density at radius 3 is 2.74 bits per heavy atom. The highest BCUT2D eigenvalue weighted by Gasteiger charge is 2.26. The van der Waals surface area contributed by atoms with Crippen LogP contribution in [0, 0.1) is 0 Å². The van der Waals surface area contributed by atoms with Gasteiger partial charge in [-0.1, -0.05) is 13.8 Å². The molecular weight excluding hydrogens is 298 g/mol. The van der Waals surface area contributed by atoms with Gasteiger partial charge in [-0.15, -0.1) is 0 Å². The lowest BCUT2D eigenvalue weighted by atomic mass is 10.2. The van der Waals surface area contributed by atoms with Crippen LogP contribution in [0.15, 0.2) is 10.5 Å². The summed E-state index contributed by atoms with van der Waals surface area (Å²) in [4.78, 5) is 25.5. The van der Waals surface area contributed by atoms with Crippen LogP contribution in [-0.2, 0) is 11.2 Å². The minimum Gasteiger partial charge on any atom is -0.478 e. The van der Waals surface area contributed by atoms with Crippen LogP contribution >= 0.6 is 0 Å². The van der Waals surface area contributed by atoms with Gasteiger partial charge < -0.3 is 19.2 Å². The number of nitrogens with zero attached hydrogens (tertiary/aromatic N) is 1. The number of hydrogen-bond acceptors (Lipinski definition) is 4. The standard InChI is InChI=1S/C17H25NO5/c1-3-10-22-12-6-5-8-18(9-7-12)16(19)15-11-13(17(20)21)14(4-2)23-15/h11-12H,3-10H2,1-2H3,(H,20,21). The van der Waals surface area contributed by atoms with Crippen molar-refractivity contribution in [2.45, 2.75) is 52.1 Å². The molecule has 1 atom stereocenters. The number of carboxylic acids is 1. The molecule has 1 aliphatic heterocycles. The molecule has 1 aliphatic rings. The highest BCUT2D eigenvalue weighted by molar-refractivity contribution is 5.96. The molecule has 2 rings (SSSR count). The Kier molecular flexibility index (Phi) is 6.21. The molecule has 0 saturated carbocycles. The van der Waals surface area contributed by atoms with E-state index in [0.717, 1.165) is 32.3 Å². The second-order valence-electron chi connectivity index (χ2n) is 5.82. The third-order valence-corrected chi connectivity index (χ3v) is 4.09. The maximum atomic E-state index is 12.6. The van der Waals surface area contributed by atoms with Gasteiger partial charge in [0.1, 0.15) is 11.3 Å². The molecule has 23 heavy (non-hydrogen) atoms. The summed E-state index contributed by atoms with van der Waals surface area (Å²) in [6.07, 6.45) is 4.27. The lowest BCUT2D eigenvalue weighted by Gasteiger charge is -2.19. The number of rotatable bonds is 6. The Morgan fingerprint density at radius 2 is 2.13 bits per heavy atom. The number of carbonyl (C=O) groups is 2. The third-order valence-electron chi connectivity index (χ3n) is 4.09. The van der Waals surface area contributed by atoms with E-state index in [2.05, 4.69) is 6.92 Å². The van der Waals surface area contributed by atoms with E-state index in [9.17, 15) is 9.59 Å². The van der Waals surface area contributed by atoms with E-state index in [1.54, 1.807) is 11.8 Å². The number of likely N-dealkylation sites (tertiary alicyclic amines) is 1. The van der Waals surface area contributed by atoms with Crippen molar-refractivity contribution in [3.05, 3.63) is 23.2 Å². The zero-order chi connectivity index (χ0) is 16.8. The molecule has 1 N–H and O–H groups in total. The fraction of sp³-hybridized carbons (Fsp3) is 0.647. The van der Waals surface area contributed by atoms with Gasteiger partial charge >= 0.3 is 5.97 Å². The Balaban J connectivity index is 2.04. The van der Waals surface area contributed by atoms with Crippen molar-refractivity contribution in [2.75, 3.05) is 19.7 Å². The summed E-state index contributed by atoms with van der Waals surface area (Å²) in [6.45, 7) is 5.89. The molecule has 0 aliphatic carbocycles. The van der Waals surface area contributed by atoms with E-state index in [1.807, 2.05) is 0 Å². The number of furan rings is 1. The van der Waals surface area contributed by atoms with E-state index in [1.165, 1.54) is 6.07 Å². The van der Waals surface area contributed by atoms with Gasteiger partial charge in [0.25, 0.3) is 5.91 Å². The van der Waals surface area contributed by atoms with Crippen molar-refractivity contribution in [1.82, 2.24) is 4.90 Å². The zero-order valence-corrected chi connectivity index (χ0v) is 13.8. The van der Waals surface area contributed by atoms with Crippen LogP contribution in [0.5, 0.6) is 0 Å². The molecule has 1 aromatic heterocycles. The fourth-order valence-electron chi connectivity index (χ4n) is 2.85. The van der Waals surface area contributed by atoms with Crippen LogP contribution < -0.4 is 0 Å². The maximum absolute atomic E-state index is 12.6. The van der Waals surface area contributed by atoms with Gasteiger partial charge in [-0.25, -0.2) is 4.79 Å². The minimum atomic E-state index is -1.06. The highest BCUT2D eigenvalue weighted by atomic mass is 16.5. The van der Waals surface area contributed by atoms with Crippen molar-refractivity contribution in [2.24, 2.45) is 0 Å². The summed E-state index contributed by atoms with van der Waals surface area (Å²) in [5.74, 6) is -0.830. The molecule has 0 aromatic carbocycles. The van der Waals surface area contributed by atoms with Crippen molar-refractivity contribution in [3.63, 3.8) is 0 Å². The number of ether oxygens (including phenoxy) is 1. The van der Waals surface area contributed by atoms with Crippen molar-refractivity contribution >= 4 is 11.9 Å². The molecule has 128 valence electrons. The second-order valence-corrected chi connectivity index (χ2v) is 5.82. The summed E-state index contributed by atoms with van der Waals surface area (Å²) >= 11 is 0. The van der Waals surface area contributed by atoms with Crippen LogP contribution in [0.25, 0.3) is 0 Å². The molecule has 1 fully saturated rings. The number of carbonyl (C=O) groups excluding carboxylic acids is 1. The summed E-state index contributed by atoms with van der Waals surface area (Å²) in [5, 5.41) is 9.16. The van der Waals surface area contributed by atoms with Crippen LogP contribution in [0.1, 0.15) is 66.2 Å². The minimum absolute atomic E-state index is 0.0785. The molecule has 0 bridgehead atoms. The normalized spacial score (nSPS) is 18.7. The molecular formula is C17H25NO5. The lowest BCUT2D eigenvalue weighted by molar-refractivity contribution is 0.0429. The molecule has 6 nitrogen and oxygen atoms in total. The number of aromatic carboxylic acids is 1. The number of hydrogen-bond donors (Lipinski definition) is 1. The molecule has 0 spiro atoms. The van der Waals surface area contributed by atoms with Gasteiger partial charge in [0.15, 0.2) is 5.76 Å². The maximum Gasteiger partial charge on any atom is 0.339 e. The van der Waals surface area contributed by atoms with Gasteiger partial charge in [-0.2, -0.15) is 0 Å².